The van der Waals surface area contributed by atoms with Gasteiger partial charge in [-0.3, -0.25) is 0 Å². The predicted octanol–water partition coefficient (Wildman–Crippen LogP) is 0.937. The van der Waals surface area contributed by atoms with Crippen molar-refractivity contribution in [3.63, 3.8) is 0 Å². The van der Waals surface area contributed by atoms with Crippen LogP contribution in [0.4, 0.5) is 0 Å². The van der Waals surface area contributed by atoms with Gasteiger partial charge in [-0.15, -0.1) is 0 Å². The Morgan fingerprint density at radius 3 is 2.56 bits per heavy atom. The van der Waals surface area contributed by atoms with E-state index in [4.69, 9.17) is 18.5 Å². The zero-order valence-electron chi connectivity index (χ0n) is 19.5. The van der Waals surface area contributed by atoms with Crippen LogP contribution in [-0.4, -0.2) is 35.2 Å². The SMILES string of the molecule is CCc1cc(C2=C[I-]OC(c3cnc(CC(C)C)c(C)c3)=N2)cc(C)c1OCC(O)CN. The fourth-order valence-corrected chi connectivity index (χ4v) is 4.99. The summed E-state index contributed by atoms with van der Waals surface area (Å²) < 4.78 is 13.9. The standard InChI is InChI=1S/C25H33IN3O3/c1-6-18-10-19(9-17(5)24(18)31-14-21(30)12-27)23-11-26-32-25(29-23)20-8-16(4)22(28-13-20)7-15(2)3/h8-11,13,15,21,30H,6-7,12,14,27H2,1-5H3/q-1. The number of nitrogens with two attached hydrogens (primary N) is 1. The molecule has 0 saturated carbocycles. The second kappa shape index (κ2) is 11.2. The molecule has 1 aromatic heterocycles. The molecular weight excluding hydrogens is 517 g/mol. The molecule has 7 heteroatoms. The quantitative estimate of drug-likeness (QED) is 0.454. The number of nitrogens with zero attached hydrogens (tertiary/aromatic N) is 2. The van der Waals surface area contributed by atoms with Crippen LogP contribution >= 0.6 is 0 Å². The number of benzene rings is 1. The summed E-state index contributed by atoms with van der Waals surface area (Å²) in [6.07, 6.45) is 2.99. The van der Waals surface area contributed by atoms with Gasteiger partial charge in [0.25, 0.3) is 0 Å². The van der Waals surface area contributed by atoms with Gasteiger partial charge in [-0.25, -0.2) is 0 Å². The molecular formula is C25H33IN3O3-. The molecule has 3 rings (SSSR count). The minimum atomic E-state index is -0.669. The number of aliphatic hydroxyl groups excluding tert-OH is 1. The molecule has 0 spiro atoms. The Hall–Kier alpha value is -1.97. The Bertz CT molecular complexity index is 1020. The van der Waals surface area contributed by atoms with Gasteiger partial charge in [-0.2, -0.15) is 0 Å². The number of aliphatic imine (C=N–C) groups is 1. The van der Waals surface area contributed by atoms with E-state index in [1.165, 1.54) is 5.56 Å². The fraction of sp³-hybridized carbons (Fsp3) is 0.440. The van der Waals surface area contributed by atoms with Crippen LogP contribution in [0.25, 0.3) is 5.70 Å². The van der Waals surface area contributed by atoms with E-state index in [1.807, 2.05) is 13.1 Å². The Kier molecular flexibility index (Phi) is 8.67. The number of pyridine rings is 1. The van der Waals surface area contributed by atoms with Crippen LogP contribution in [0.1, 0.15) is 54.3 Å². The molecule has 0 bridgehead atoms. The number of hydrogen-bond donors (Lipinski definition) is 2. The van der Waals surface area contributed by atoms with Crippen molar-refractivity contribution >= 4 is 11.6 Å². The number of hydrogen-bond acceptors (Lipinski definition) is 6. The molecule has 1 aliphatic heterocycles. The number of ether oxygens (including phenoxy) is 1. The topological polar surface area (TPSA) is 90.0 Å². The van der Waals surface area contributed by atoms with Crippen molar-refractivity contribution in [2.24, 2.45) is 16.6 Å². The summed E-state index contributed by atoms with van der Waals surface area (Å²) >= 11 is -0.599. The molecule has 0 radical (unpaired) electrons. The molecule has 1 unspecified atom stereocenters. The van der Waals surface area contributed by atoms with E-state index in [2.05, 4.69) is 55.0 Å². The van der Waals surface area contributed by atoms with Gasteiger partial charge in [0.2, 0.25) is 0 Å². The molecule has 1 aliphatic rings. The first-order valence-corrected chi connectivity index (χ1v) is 13.1. The van der Waals surface area contributed by atoms with Crippen LogP contribution in [-0.2, 0) is 15.9 Å². The molecule has 32 heavy (non-hydrogen) atoms. The van der Waals surface area contributed by atoms with Crippen LogP contribution in [0.2, 0.25) is 0 Å². The van der Waals surface area contributed by atoms with E-state index in [1.54, 1.807) is 0 Å². The second-order valence-corrected chi connectivity index (χ2v) is 10.1. The summed E-state index contributed by atoms with van der Waals surface area (Å²) in [4.78, 5) is 9.51. The summed E-state index contributed by atoms with van der Waals surface area (Å²) in [5, 5.41) is 9.76. The molecule has 1 atom stereocenters. The number of aromatic nitrogens is 1. The van der Waals surface area contributed by atoms with E-state index in [-0.39, 0.29) is 13.2 Å². The van der Waals surface area contributed by atoms with Gasteiger partial charge >= 0.3 is 202 Å². The van der Waals surface area contributed by atoms with Gasteiger partial charge in [0.05, 0.1) is 0 Å². The zero-order chi connectivity index (χ0) is 23.3. The molecule has 1 aromatic carbocycles. The summed E-state index contributed by atoms with van der Waals surface area (Å²) in [7, 11) is 0. The van der Waals surface area contributed by atoms with Crippen LogP contribution in [0.15, 0.2) is 33.5 Å². The Labute approximate surface area is 201 Å². The van der Waals surface area contributed by atoms with Crippen LogP contribution in [0.3, 0.4) is 0 Å². The number of aliphatic hydroxyl groups is 1. The summed E-state index contributed by atoms with van der Waals surface area (Å²) in [5.74, 6) is 2.03. The van der Waals surface area contributed by atoms with Crippen LogP contribution in [0, 0.1) is 19.8 Å². The summed E-state index contributed by atoms with van der Waals surface area (Å²) in [6.45, 7) is 11.0. The summed E-state index contributed by atoms with van der Waals surface area (Å²) in [6, 6.07) is 6.33. The zero-order valence-corrected chi connectivity index (χ0v) is 21.6. The predicted molar refractivity (Wildman–Crippen MR) is 124 cm³/mol. The average molecular weight is 550 g/mol. The van der Waals surface area contributed by atoms with Crippen molar-refractivity contribution in [2.75, 3.05) is 13.2 Å². The third kappa shape index (κ3) is 6.08. The van der Waals surface area contributed by atoms with Crippen molar-refractivity contribution in [3.8, 4) is 5.75 Å². The van der Waals surface area contributed by atoms with E-state index < -0.39 is 27.7 Å². The fourth-order valence-electron chi connectivity index (χ4n) is 3.53. The third-order valence-electron chi connectivity index (χ3n) is 5.24. The van der Waals surface area contributed by atoms with Crippen molar-refractivity contribution in [1.29, 1.82) is 0 Å². The maximum atomic E-state index is 9.76. The first kappa shape index (κ1) is 24.7. The monoisotopic (exact) mass is 550 g/mol. The summed E-state index contributed by atoms with van der Waals surface area (Å²) in [5.41, 5.74) is 12.8. The molecule has 2 aromatic rings. The van der Waals surface area contributed by atoms with Gasteiger partial charge < -0.3 is 0 Å². The van der Waals surface area contributed by atoms with Gasteiger partial charge in [-0.1, -0.05) is 0 Å². The number of halogens is 1. The Balaban J connectivity index is 1.88. The van der Waals surface area contributed by atoms with Crippen molar-refractivity contribution in [3.05, 3.63) is 62.0 Å². The molecule has 6 nitrogen and oxygen atoms in total. The Morgan fingerprint density at radius 2 is 1.91 bits per heavy atom. The molecule has 3 N–H and O–H groups in total. The molecule has 2 heterocycles. The minimum absolute atomic E-state index is 0.180. The van der Waals surface area contributed by atoms with Crippen molar-refractivity contribution < 1.29 is 34.5 Å². The third-order valence-corrected chi connectivity index (χ3v) is 6.76. The number of rotatable bonds is 9. The van der Waals surface area contributed by atoms with E-state index in [9.17, 15) is 5.11 Å². The molecule has 0 fully saturated rings. The maximum absolute atomic E-state index is 9.76. The average Bonchev–Trinajstić information content (AvgIpc) is 2.78. The molecule has 174 valence electrons. The van der Waals surface area contributed by atoms with E-state index in [0.29, 0.717) is 11.8 Å². The normalized spacial score (nSPS) is 14.9. The second-order valence-electron chi connectivity index (χ2n) is 8.50. The van der Waals surface area contributed by atoms with Crippen LogP contribution in [0.5, 0.6) is 5.75 Å². The van der Waals surface area contributed by atoms with E-state index in [0.717, 1.165) is 52.2 Å². The van der Waals surface area contributed by atoms with Gasteiger partial charge in [0, 0.05) is 0 Å². The van der Waals surface area contributed by atoms with Crippen molar-refractivity contribution in [2.45, 2.75) is 53.6 Å². The molecule has 0 saturated heterocycles. The van der Waals surface area contributed by atoms with Gasteiger partial charge in [0.1, 0.15) is 0 Å². The Morgan fingerprint density at radius 1 is 1.16 bits per heavy atom. The van der Waals surface area contributed by atoms with Gasteiger partial charge in [0.15, 0.2) is 0 Å². The molecule has 0 amide bonds. The first-order valence-electron chi connectivity index (χ1n) is 11.0. The van der Waals surface area contributed by atoms with Crippen LogP contribution < -0.4 is 32.1 Å². The first-order chi connectivity index (χ1) is 15.3. The van der Waals surface area contributed by atoms with E-state index >= 15 is 0 Å². The van der Waals surface area contributed by atoms with Gasteiger partial charge in [-0.05, 0) is 0 Å². The number of aryl methyl sites for hydroxylation is 3. The van der Waals surface area contributed by atoms with Crippen molar-refractivity contribution in [1.82, 2.24) is 4.98 Å². The molecule has 0 aliphatic carbocycles.